The molecule has 0 saturated heterocycles. The summed E-state index contributed by atoms with van der Waals surface area (Å²) >= 11 is 0. The summed E-state index contributed by atoms with van der Waals surface area (Å²) in [5, 5.41) is 0. The minimum Gasteiger partial charge on any atom is -0.492 e. The van der Waals surface area contributed by atoms with Crippen LogP contribution >= 0.6 is 0 Å². The highest BCUT2D eigenvalue weighted by atomic mass is 32.2. The molecule has 0 fully saturated rings. The standard InChI is InChI=1S/C13H21NO3S/c1-10-5-6-11(14)9-12(10)17-7-8-18(15,16)13(2,3)4/h5-6,9H,7-8,14H2,1-4H3. The van der Waals surface area contributed by atoms with E-state index in [-0.39, 0.29) is 12.4 Å². The molecule has 0 aliphatic heterocycles. The summed E-state index contributed by atoms with van der Waals surface area (Å²) in [5.74, 6) is 0.643. The second kappa shape index (κ2) is 5.18. The molecule has 0 spiro atoms. The van der Waals surface area contributed by atoms with Crippen LogP contribution in [0.3, 0.4) is 0 Å². The number of aryl methyl sites for hydroxylation is 1. The summed E-state index contributed by atoms with van der Waals surface area (Å²) in [6.45, 7) is 7.10. The van der Waals surface area contributed by atoms with Gasteiger partial charge >= 0.3 is 0 Å². The summed E-state index contributed by atoms with van der Waals surface area (Å²) in [5.41, 5.74) is 7.20. The highest BCUT2D eigenvalue weighted by molar-refractivity contribution is 7.92. The van der Waals surface area contributed by atoms with E-state index < -0.39 is 14.6 Å². The van der Waals surface area contributed by atoms with Crippen LogP contribution in [0, 0.1) is 6.92 Å². The maximum atomic E-state index is 11.9. The van der Waals surface area contributed by atoms with Crippen molar-refractivity contribution in [2.45, 2.75) is 32.4 Å². The van der Waals surface area contributed by atoms with Crippen LogP contribution in [0.2, 0.25) is 0 Å². The van der Waals surface area contributed by atoms with Crippen molar-refractivity contribution in [3.63, 3.8) is 0 Å². The molecule has 0 saturated carbocycles. The van der Waals surface area contributed by atoms with E-state index in [0.29, 0.717) is 11.4 Å². The number of nitrogens with two attached hydrogens (primary N) is 1. The number of anilines is 1. The van der Waals surface area contributed by atoms with Gasteiger partial charge in [0.1, 0.15) is 12.4 Å². The van der Waals surface area contributed by atoms with Crippen molar-refractivity contribution >= 4 is 15.5 Å². The van der Waals surface area contributed by atoms with Gasteiger partial charge < -0.3 is 10.5 Å². The van der Waals surface area contributed by atoms with Gasteiger partial charge in [-0.1, -0.05) is 6.07 Å². The molecule has 0 heterocycles. The zero-order chi connectivity index (χ0) is 14.0. The second-order valence-corrected chi connectivity index (χ2v) is 8.17. The van der Waals surface area contributed by atoms with Crippen LogP contribution in [0.5, 0.6) is 5.75 Å². The predicted molar refractivity (Wildman–Crippen MR) is 74.6 cm³/mol. The van der Waals surface area contributed by atoms with E-state index in [4.69, 9.17) is 10.5 Å². The quantitative estimate of drug-likeness (QED) is 0.852. The number of ether oxygens (including phenoxy) is 1. The van der Waals surface area contributed by atoms with E-state index in [1.54, 1.807) is 32.9 Å². The molecule has 0 aromatic heterocycles. The summed E-state index contributed by atoms with van der Waals surface area (Å²) in [4.78, 5) is 0. The number of nitrogen functional groups attached to an aromatic ring is 1. The zero-order valence-electron chi connectivity index (χ0n) is 11.4. The van der Waals surface area contributed by atoms with Gasteiger partial charge in [-0.15, -0.1) is 0 Å². The lowest BCUT2D eigenvalue weighted by atomic mass is 10.2. The fourth-order valence-electron chi connectivity index (χ4n) is 1.34. The van der Waals surface area contributed by atoms with Crippen LogP contribution in [0.25, 0.3) is 0 Å². The van der Waals surface area contributed by atoms with Crippen LogP contribution in [0.1, 0.15) is 26.3 Å². The number of benzene rings is 1. The lowest BCUT2D eigenvalue weighted by Crippen LogP contribution is -2.32. The molecular formula is C13H21NO3S. The van der Waals surface area contributed by atoms with Crippen LogP contribution in [-0.4, -0.2) is 25.5 Å². The first-order chi connectivity index (χ1) is 8.13. The van der Waals surface area contributed by atoms with Gasteiger partial charge in [-0.3, -0.25) is 0 Å². The van der Waals surface area contributed by atoms with E-state index in [9.17, 15) is 8.42 Å². The minimum atomic E-state index is -3.15. The van der Waals surface area contributed by atoms with E-state index in [1.165, 1.54) is 0 Å². The normalized spacial score (nSPS) is 12.4. The Morgan fingerprint density at radius 2 is 1.89 bits per heavy atom. The molecule has 0 amide bonds. The maximum Gasteiger partial charge on any atom is 0.158 e. The third-order valence-corrected chi connectivity index (χ3v) is 5.32. The molecule has 5 heteroatoms. The minimum absolute atomic E-state index is 0.00470. The van der Waals surface area contributed by atoms with Gasteiger partial charge in [0.2, 0.25) is 0 Å². The molecule has 4 nitrogen and oxygen atoms in total. The first-order valence-electron chi connectivity index (χ1n) is 5.85. The highest BCUT2D eigenvalue weighted by Gasteiger charge is 2.28. The molecule has 0 aliphatic carbocycles. The molecule has 0 bridgehead atoms. The van der Waals surface area contributed by atoms with E-state index in [0.717, 1.165) is 5.56 Å². The predicted octanol–water partition coefficient (Wildman–Crippen LogP) is 2.17. The Balaban J connectivity index is 2.65. The van der Waals surface area contributed by atoms with E-state index in [2.05, 4.69) is 0 Å². The van der Waals surface area contributed by atoms with Crippen LogP contribution in [0.15, 0.2) is 18.2 Å². The fraction of sp³-hybridized carbons (Fsp3) is 0.538. The number of hydrogen-bond acceptors (Lipinski definition) is 4. The van der Waals surface area contributed by atoms with Crippen molar-refractivity contribution < 1.29 is 13.2 Å². The van der Waals surface area contributed by atoms with Gasteiger partial charge in [-0.2, -0.15) is 0 Å². The first kappa shape index (κ1) is 14.8. The monoisotopic (exact) mass is 271 g/mol. The Labute approximate surface area is 109 Å². The van der Waals surface area contributed by atoms with Crippen LogP contribution in [-0.2, 0) is 9.84 Å². The number of hydrogen-bond donors (Lipinski definition) is 1. The van der Waals surface area contributed by atoms with Gasteiger partial charge in [0.15, 0.2) is 9.84 Å². The summed E-state index contributed by atoms with van der Waals surface area (Å²) in [6.07, 6.45) is 0. The summed E-state index contributed by atoms with van der Waals surface area (Å²) in [6, 6.07) is 5.34. The average Bonchev–Trinajstić information content (AvgIpc) is 2.21. The molecule has 102 valence electrons. The molecule has 0 atom stereocenters. The largest absolute Gasteiger partial charge is 0.492 e. The summed E-state index contributed by atoms with van der Waals surface area (Å²) in [7, 11) is -3.15. The maximum absolute atomic E-state index is 11.9. The Hall–Kier alpha value is -1.23. The average molecular weight is 271 g/mol. The lowest BCUT2D eigenvalue weighted by Gasteiger charge is -2.19. The van der Waals surface area contributed by atoms with Gasteiger partial charge in [0.25, 0.3) is 0 Å². The Bertz CT molecular complexity index is 516. The van der Waals surface area contributed by atoms with Crippen LogP contribution < -0.4 is 10.5 Å². The zero-order valence-corrected chi connectivity index (χ0v) is 12.2. The van der Waals surface area contributed by atoms with Crippen molar-refractivity contribution in [3.05, 3.63) is 23.8 Å². The van der Waals surface area contributed by atoms with Gasteiger partial charge in [0, 0.05) is 11.8 Å². The van der Waals surface area contributed by atoms with Gasteiger partial charge in [0.05, 0.1) is 10.5 Å². The molecule has 1 rings (SSSR count). The molecule has 18 heavy (non-hydrogen) atoms. The third-order valence-electron chi connectivity index (χ3n) is 2.75. The van der Waals surface area contributed by atoms with Crippen molar-refractivity contribution in [3.8, 4) is 5.75 Å². The Morgan fingerprint density at radius 1 is 1.28 bits per heavy atom. The highest BCUT2D eigenvalue weighted by Crippen LogP contribution is 2.21. The fourth-order valence-corrected chi connectivity index (χ4v) is 2.25. The van der Waals surface area contributed by atoms with E-state index >= 15 is 0 Å². The molecule has 1 aromatic carbocycles. The molecule has 0 aliphatic rings. The molecule has 0 radical (unpaired) electrons. The first-order valence-corrected chi connectivity index (χ1v) is 7.50. The lowest BCUT2D eigenvalue weighted by molar-refractivity contribution is 0.337. The van der Waals surface area contributed by atoms with Crippen molar-refractivity contribution in [1.29, 1.82) is 0 Å². The number of sulfone groups is 1. The van der Waals surface area contributed by atoms with Crippen LogP contribution in [0.4, 0.5) is 5.69 Å². The topological polar surface area (TPSA) is 69.4 Å². The number of rotatable bonds is 4. The molecule has 2 N–H and O–H groups in total. The van der Waals surface area contributed by atoms with Gasteiger partial charge in [-0.05, 0) is 39.3 Å². The van der Waals surface area contributed by atoms with Crippen molar-refractivity contribution in [2.75, 3.05) is 18.1 Å². The second-order valence-electron chi connectivity index (χ2n) is 5.30. The molecular weight excluding hydrogens is 250 g/mol. The smallest absolute Gasteiger partial charge is 0.158 e. The summed E-state index contributed by atoms with van der Waals surface area (Å²) < 4.78 is 28.5. The Kier molecular flexibility index (Phi) is 4.27. The van der Waals surface area contributed by atoms with Gasteiger partial charge in [-0.25, -0.2) is 8.42 Å². The van der Waals surface area contributed by atoms with Crippen molar-refractivity contribution in [2.24, 2.45) is 0 Å². The Morgan fingerprint density at radius 3 is 2.44 bits per heavy atom. The van der Waals surface area contributed by atoms with E-state index in [1.807, 2.05) is 13.0 Å². The SMILES string of the molecule is Cc1ccc(N)cc1OCCS(=O)(=O)C(C)(C)C. The van der Waals surface area contributed by atoms with Crippen molar-refractivity contribution in [1.82, 2.24) is 0 Å². The molecule has 0 unspecified atom stereocenters. The third kappa shape index (κ3) is 3.63. The molecule has 1 aromatic rings.